The average Bonchev–Trinajstić information content (AvgIpc) is 3.84. The average molecular weight is 680 g/mol. The van der Waals surface area contributed by atoms with E-state index in [9.17, 15) is 0 Å². The monoisotopic (exact) mass is 679 g/mol. The molecule has 1 aliphatic rings. The fourth-order valence-corrected chi connectivity index (χ4v) is 8.78. The molecule has 0 atom stereocenters. The largest absolute Gasteiger partial charge is 0.455 e. The number of para-hydroxylation sites is 2. The molecule has 3 heterocycles. The molecule has 53 heavy (non-hydrogen) atoms. The van der Waals surface area contributed by atoms with E-state index in [0.717, 1.165) is 61.2 Å². The molecule has 0 N–H and O–H groups in total. The van der Waals surface area contributed by atoms with Gasteiger partial charge in [-0.15, -0.1) is 0 Å². The van der Waals surface area contributed by atoms with Gasteiger partial charge in [0.05, 0.1) is 22.4 Å². The number of hydrogen-bond donors (Lipinski definition) is 0. The van der Waals surface area contributed by atoms with Gasteiger partial charge in [0.1, 0.15) is 11.2 Å². The van der Waals surface area contributed by atoms with Gasteiger partial charge in [0.2, 0.25) is 0 Å². The number of fused-ring (bicyclic) bond motifs is 11. The molecule has 4 heteroatoms. The van der Waals surface area contributed by atoms with Crippen molar-refractivity contribution in [2.75, 3.05) is 0 Å². The molecule has 0 bridgehead atoms. The maximum absolute atomic E-state index is 6.63. The second kappa shape index (κ2) is 11.1. The molecule has 0 saturated carbocycles. The Morgan fingerprint density at radius 3 is 1.94 bits per heavy atom. The van der Waals surface area contributed by atoms with Crippen LogP contribution in [0.15, 0.2) is 168 Å². The van der Waals surface area contributed by atoms with Crippen LogP contribution in [-0.2, 0) is 5.41 Å². The highest BCUT2D eigenvalue weighted by atomic mass is 16.3. The minimum Gasteiger partial charge on any atom is -0.455 e. The van der Waals surface area contributed by atoms with Crippen molar-refractivity contribution in [2.45, 2.75) is 19.3 Å². The van der Waals surface area contributed by atoms with Crippen LogP contribution >= 0.6 is 0 Å². The number of nitrogens with zero attached hydrogens (tertiary/aromatic N) is 3. The molecule has 1 aliphatic carbocycles. The predicted octanol–water partition coefficient (Wildman–Crippen LogP) is 12.8. The Hall–Kier alpha value is -6.78. The highest BCUT2D eigenvalue weighted by molar-refractivity contribution is 6.17. The molecular weight excluding hydrogens is 647 g/mol. The zero-order valence-corrected chi connectivity index (χ0v) is 29.3. The fraction of sp³-hybridized carbons (Fsp3) is 0.0612. The van der Waals surface area contributed by atoms with Crippen LogP contribution in [0.4, 0.5) is 0 Å². The van der Waals surface area contributed by atoms with Crippen LogP contribution in [0.1, 0.15) is 25.0 Å². The molecule has 0 saturated heterocycles. The van der Waals surface area contributed by atoms with Crippen LogP contribution in [0.3, 0.4) is 0 Å². The summed E-state index contributed by atoms with van der Waals surface area (Å²) in [5.41, 5.74) is 15.0. The zero-order chi connectivity index (χ0) is 35.3. The SMILES string of the molecule is CC1(C)c2ccc3c(oc4ccccc43)c2-c2ccc3c(c21)c1ccccc1n3-c1cccc(-c2nc(-c3ccccc3)cc(-c3ccccc3)n2)c1. The van der Waals surface area contributed by atoms with E-state index in [4.69, 9.17) is 14.4 Å². The Morgan fingerprint density at radius 2 is 1.19 bits per heavy atom. The van der Waals surface area contributed by atoms with Gasteiger partial charge in [0.25, 0.3) is 0 Å². The van der Waals surface area contributed by atoms with Gasteiger partial charge < -0.3 is 8.98 Å². The lowest BCUT2D eigenvalue weighted by atomic mass is 9.80. The van der Waals surface area contributed by atoms with Crippen molar-refractivity contribution in [3.63, 3.8) is 0 Å². The smallest absolute Gasteiger partial charge is 0.160 e. The molecule has 0 amide bonds. The molecule has 10 aromatic rings. The first-order chi connectivity index (χ1) is 26.0. The van der Waals surface area contributed by atoms with Crippen LogP contribution in [0, 0.1) is 0 Å². The third-order valence-electron chi connectivity index (χ3n) is 11.2. The molecule has 0 spiro atoms. The Bertz CT molecular complexity index is 3020. The Labute approximate surface area is 306 Å². The molecule has 7 aromatic carbocycles. The van der Waals surface area contributed by atoms with Gasteiger partial charge in [0, 0.05) is 54.9 Å². The summed E-state index contributed by atoms with van der Waals surface area (Å²) < 4.78 is 9.04. The number of furan rings is 1. The van der Waals surface area contributed by atoms with Crippen molar-refractivity contribution in [2.24, 2.45) is 0 Å². The quantitative estimate of drug-likeness (QED) is 0.186. The molecule has 0 radical (unpaired) electrons. The van der Waals surface area contributed by atoms with Crippen molar-refractivity contribution in [3.8, 4) is 50.7 Å². The van der Waals surface area contributed by atoms with Crippen molar-refractivity contribution in [3.05, 3.63) is 175 Å². The van der Waals surface area contributed by atoms with E-state index in [1.165, 1.54) is 38.5 Å². The van der Waals surface area contributed by atoms with E-state index >= 15 is 0 Å². The van der Waals surface area contributed by atoms with Gasteiger partial charge in [0.15, 0.2) is 5.82 Å². The zero-order valence-electron chi connectivity index (χ0n) is 29.3. The summed E-state index contributed by atoms with van der Waals surface area (Å²) in [6.07, 6.45) is 0. The van der Waals surface area contributed by atoms with E-state index in [2.05, 4.69) is 164 Å². The highest BCUT2D eigenvalue weighted by Crippen LogP contribution is 2.56. The van der Waals surface area contributed by atoms with E-state index in [1.807, 2.05) is 18.2 Å². The molecular formula is C49H33N3O. The number of rotatable bonds is 4. The van der Waals surface area contributed by atoms with E-state index in [-0.39, 0.29) is 5.41 Å². The summed E-state index contributed by atoms with van der Waals surface area (Å²) in [4.78, 5) is 10.3. The molecule has 3 aromatic heterocycles. The van der Waals surface area contributed by atoms with Crippen LogP contribution in [0.5, 0.6) is 0 Å². The predicted molar refractivity (Wildman–Crippen MR) is 218 cm³/mol. The van der Waals surface area contributed by atoms with Crippen molar-refractivity contribution >= 4 is 43.7 Å². The topological polar surface area (TPSA) is 43.9 Å². The van der Waals surface area contributed by atoms with E-state index in [0.29, 0.717) is 5.82 Å². The molecule has 0 unspecified atom stereocenters. The molecule has 0 aliphatic heterocycles. The van der Waals surface area contributed by atoms with Gasteiger partial charge in [-0.05, 0) is 53.1 Å². The van der Waals surface area contributed by atoms with Gasteiger partial charge in [-0.1, -0.05) is 141 Å². The van der Waals surface area contributed by atoms with Gasteiger partial charge in [-0.3, -0.25) is 0 Å². The summed E-state index contributed by atoms with van der Waals surface area (Å²) in [6, 6.07) is 57.8. The highest BCUT2D eigenvalue weighted by Gasteiger charge is 2.40. The van der Waals surface area contributed by atoms with Crippen LogP contribution in [0.2, 0.25) is 0 Å². The van der Waals surface area contributed by atoms with E-state index in [1.54, 1.807) is 0 Å². The van der Waals surface area contributed by atoms with Gasteiger partial charge in [-0.2, -0.15) is 0 Å². The molecule has 250 valence electrons. The lowest BCUT2D eigenvalue weighted by molar-refractivity contribution is 0.657. The summed E-state index contributed by atoms with van der Waals surface area (Å²) in [5.74, 6) is 0.695. The number of hydrogen-bond acceptors (Lipinski definition) is 3. The third-order valence-corrected chi connectivity index (χ3v) is 11.2. The number of benzene rings is 7. The Morgan fingerprint density at radius 1 is 0.528 bits per heavy atom. The normalized spacial score (nSPS) is 13.2. The summed E-state index contributed by atoms with van der Waals surface area (Å²) in [5, 5.41) is 4.84. The maximum atomic E-state index is 6.63. The Balaban J connectivity index is 1.13. The lowest BCUT2D eigenvalue weighted by Gasteiger charge is -2.22. The maximum Gasteiger partial charge on any atom is 0.160 e. The molecule has 0 fully saturated rings. The minimum atomic E-state index is -0.242. The minimum absolute atomic E-state index is 0.242. The van der Waals surface area contributed by atoms with Crippen molar-refractivity contribution < 1.29 is 4.42 Å². The van der Waals surface area contributed by atoms with Crippen LogP contribution < -0.4 is 0 Å². The lowest BCUT2D eigenvalue weighted by Crippen LogP contribution is -2.15. The Kier molecular flexibility index (Phi) is 6.27. The summed E-state index contributed by atoms with van der Waals surface area (Å²) in [6.45, 7) is 4.72. The summed E-state index contributed by atoms with van der Waals surface area (Å²) in [7, 11) is 0. The second-order valence-corrected chi connectivity index (χ2v) is 14.6. The van der Waals surface area contributed by atoms with Gasteiger partial charge in [-0.25, -0.2) is 9.97 Å². The van der Waals surface area contributed by atoms with Crippen molar-refractivity contribution in [1.82, 2.24) is 14.5 Å². The standard InChI is InChI=1S/C49H33N3O/c1-49(2)38-26-24-35-34-20-10-12-23-43(34)53-47(35)44(38)37-25-27-42-45(46(37)49)36-21-9-11-22-41(36)52(42)33-19-13-18-32(28-33)48-50-39(30-14-5-3-6-15-30)29-40(51-48)31-16-7-4-8-17-31/h3-29H,1-2H3. The second-order valence-electron chi connectivity index (χ2n) is 14.6. The third kappa shape index (κ3) is 4.36. The van der Waals surface area contributed by atoms with Crippen LogP contribution in [0.25, 0.3) is 94.5 Å². The first-order valence-corrected chi connectivity index (χ1v) is 18.2. The molecule has 4 nitrogen and oxygen atoms in total. The first-order valence-electron chi connectivity index (χ1n) is 18.2. The van der Waals surface area contributed by atoms with Crippen molar-refractivity contribution in [1.29, 1.82) is 0 Å². The summed E-state index contributed by atoms with van der Waals surface area (Å²) >= 11 is 0. The number of aromatic nitrogens is 3. The van der Waals surface area contributed by atoms with E-state index < -0.39 is 0 Å². The fourth-order valence-electron chi connectivity index (χ4n) is 8.78. The molecule has 11 rings (SSSR count). The first kappa shape index (κ1) is 29.9. The van der Waals surface area contributed by atoms with Gasteiger partial charge >= 0.3 is 0 Å². The van der Waals surface area contributed by atoms with Crippen LogP contribution in [-0.4, -0.2) is 14.5 Å².